The van der Waals surface area contributed by atoms with Crippen molar-refractivity contribution in [3.05, 3.63) is 72.0 Å². The summed E-state index contributed by atoms with van der Waals surface area (Å²) in [6, 6.07) is 11.2. The number of aromatic hydroxyl groups is 1. The molecule has 0 amide bonds. The summed E-state index contributed by atoms with van der Waals surface area (Å²) in [5, 5.41) is 22.5. The Bertz CT molecular complexity index is 3010. The third-order valence-electron chi connectivity index (χ3n) is 6.97. The number of sulfone groups is 1. The molecule has 29 heteroatoms. The number of aromatic nitrogens is 3. The molecule has 4 aromatic carbocycles. The van der Waals surface area contributed by atoms with Crippen LogP contribution in [-0.2, 0) is 54.8 Å². The van der Waals surface area contributed by atoms with Crippen molar-refractivity contribution in [2.24, 2.45) is 10.2 Å². The molecule has 0 aliphatic heterocycles. The minimum Gasteiger partial charge on any atom is -0.505 e. The molecule has 0 radical (unpaired) electrons. The number of phenols is 1. The predicted molar refractivity (Wildman–Crippen MR) is 193 cm³/mol. The summed E-state index contributed by atoms with van der Waals surface area (Å²) in [5.74, 6) is -2.79. The number of anilines is 4. The lowest BCUT2D eigenvalue weighted by Crippen LogP contribution is -2.15. The molecule has 0 atom stereocenters. The lowest BCUT2D eigenvalue weighted by atomic mass is 10.1. The van der Waals surface area contributed by atoms with Crippen LogP contribution in [0.4, 0.5) is 34.6 Å². The van der Waals surface area contributed by atoms with Gasteiger partial charge in [-0.1, -0.05) is 12.1 Å². The van der Waals surface area contributed by atoms with Gasteiger partial charge in [0, 0.05) is 11.1 Å². The summed E-state index contributed by atoms with van der Waals surface area (Å²) in [6.07, 6.45) is 0. The molecule has 0 aliphatic rings. The van der Waals surface area contributed by atoms with E-state index in [1.54, 1.807) is 0 Å². The summed E-state index contributed by atoms with van der Waals surface area (Å²) in [5.41, 5.74) is -1.67. The first kappa shape index (κ1) is 42.1. The third-order valence-corrected chi connectivity index (χ3v) is 11.8. The standard InChI is InChI=1S/C27H22ClN7O16S5/c28-25-31-26(29-15-3-1-5-17(11-15)52(37,38)8-7-51-56(48,49)50)33-27(32-25)30-20-13-19(54(42,43)44)9-14-10-21(55(45,46)47)23(24(36)22(14)20)35-34-16-4-2-6-18(12-16)53(39,40)41/h1-6,9-13,36H,7-8H2,(H,39,40,41)(H,42,43,44)(H,45,46,47)(H,48,49,50)(H2,29,30,31,32,33). The Balaban J connectivity index is 1.59. The van der Waals surface area contributed by atoms with E-state index in [0.717, 1.165) is 36.4 Å². The molecule has 5 aromatic rings. The molecular formula is C27H22ClN7O16S5. The second-order valence-corrected chi connectivity index (χ2v) is 18.6. The summed E-state index contributed by atoms with van der Waals surface area (Å²) in [4.78, 5) is 8.86. The molecule has 5 rings (SSSR count). The van der Waals surface area contributed by atoms with Crippen molar-refractivity contribution in [3.8, 4) is 5.75 Å². The van der Waals surface area contributed by atoms with Crippen molar-refractivity contribution in [1.82, 2.24) is 15.0 Å². The molecule has 0 unspecified atom stereocenters. The number of rotatable bonds is 14. The van der Waals surface area contributed by atoms with Gasteiger partial charge in [0.05, 0.1) is 38.4 Å². The van der Waals surface area contributed by atoms with Gasteiger partial charge < -0.3 is 15.7 Å². The van der Waals surface area contributed by atoms with E-state index >= 15 is 0 Å². The van der Waals surface area contributed by atoms with Gasteiger partial charge in [-0.2, -0.15) is 53.7 Å². The van der Waals surface area contributed by atoms with Crippen LogP contribution < -0.4 is 10.6 Å². The van der Waals surface area contributed by atoms with Gasteiger partial charge in [0.1, 0.15) is 10.6 Å². The minimum absolute atomic E-state index is 0.0290. The number of hydrogen-bond donors (Lipinski definition) is 7. The first-order valence-corrected chi connectivity index (χ1v) is 22.2. The van der Waals surface area contributed by atoms with Crippen LogP contribution in [0.15, 0.2) is 96.5 Å². The largest absolute Gasteiger partial charge is 0.505 e. The number of halogens is 1. The van der Waals surface area contributed by atoms with Crippen LogP contribution in [0.5, 0.6) is 5.75 Å². The summed E-state index contributed by atoms with van der Waals surface area (Å²) < 4.78 is 161. The zero-order chi connectivity index (χ0) is 41.4. The van der Waals surface area contributed by atoms with Crippen molar-refractivity contribution in [1.29, 1.82) is 0 Å². The minimum atomic E-state index is -5.29. The van der Waals surface area contributed by atoms with E-state index in [0.29, 0.717) is 6.07 Å². The number of hydrogen-bond acceptors (Lipinski definition) is 19. The van der Waals surface area contributed by atoms with Gasteiger partial charge in [0.25, 0.3) is 30.4 Å². The molecule has 0 saturated heterocycles. The molecule has 0 bridgehead atoms. The van der Waals surface area contributed by atoms with Gasteiger partial charge >= 0.3 is 10.4 Å². The Morgan fingerprint density at radius 1 is 0.679 bits per heavy atom. The number of benzene rings is 4. The molecule has 7 N–H and O–H groups in total. The average Bonchev–Trinajstić information content (AvgIpc) is 3.05. The second-order valence-electron chi connectivity index (χ2n) is 10.9. The molecule has 0 fully saturated rings. The highest BCUT2D eigenvalue weighted by Crippen LogP contribution is 2.45. The van der Waals surface area contributed by atoms with Crippen LogP contribution in [-0.4, -0.2) is 92.7 Å². The Kier molecular flexibility index (Phi) is 11.7. The normalized spacial score (nSPS) is 12.9. The second kappa shape index (κ2) is 15.5. The average molecular weight is 896 g/mol. The Morgan fingerprint density at radius 3 is 1.93 bits per heavy atom. The molecule has 0 saturated carbocycles. The maximum atomic E-state index is 12.7. The maximum absolute atomic E-state index is 12.7. The van der Waals surface area contributed by atoms with Gasteiger partial charge in [-0.05, 0) is 71.6 Å². The lowest BCUT2D eigenvalue weighted by molar-refractivity contribution is 0.284. The van der Waals surface area contributed by atoms with Gasteiger partial charge in [0.2, 0.25) is 17.2 Å². The third kappa shape index (κ3) is 10.4. The Hall–Kier alpha value is -5.01. The number of nitrogens with zero attached hydrogens (tertiary/aromatic N) is 5. The monoisotopic (exact) mass is 895 g/mol. The fourth-order valence-corrected chi connectivity index (χ4v) is 8.07. The van der Waals surface area contributed by atoms with E-state index in [1.165, 1.54) is 24.3 Å². The van der Waals surface area contributed by atoms with Crippen LogP contribution in [0.2, 0.25) is 5.28 Å². The van der Waals surface area contributed by atoms with Crippen molar-refractivity contribution < 1.29 is 69.6 Å². The Labute approximate surface area is 321 Å². The lowest BCUT2D eigenvalue weighted by Gasteiger charge is -2.15. The highest BCUT2D eigenvalue weighted by molar-refractivity contribution is 7.91. The van der Waals surface area contributed by atoms with E-state index < -0.39 is 117 Å². The van der Waals surface area contributed by atoms with E-state index in [4.69, 9.17) is 16.2 Å². The van der Waals surface area contributed by atoms with Gasteiger partial charge in [-0.3, -0.25) is 18.2 Å². The maximum Gasteiger partial charge on any atom is 0.397 e. The molecule has 56 heavy (non-hydrogen) atoms. The molecule has 1 aromatic heterocycles. The van der Waals surface area contributed by atoms with Gasteiger partial charge in [-0.15, -0.1) is 5.11 Å². The van der Waals surface area contributed by atoms with Crippen LogP contribution in [0.1, 0.15) is 0 Å². The van der Waals surface area contributed by atoms with Crippen molar-refractivity contribution in [2.45, 2.75) is 19.6 Å². The number of phenolic OH excluding ortho intramolecular Hbond substituents is 1. The topological polar surface area (TPSA) is 369 Å². The summed E-state index contributed by atoms with van der Waals surface area (Å²) in [7, 11) is -24.1. The molecule has 0 spiro atoms. The van der Waals surface area contributed by atoms with Crippen LogP contribution in [0, 0.1) is 0 Å². The van der Waals surface area contributed by atoms with Crippen molar-refractivity contribution in [3.63, 3.8) is 0 Å². The zero-order valence-corrected chi connectivity index (χ0v) is 32.0. The number of fused-ring (bicyclic) bond motifs is 1. The van der Waals surface area contributed by atoms with E-state index in [1.807, 2.05) is 0 Å². The van der Waals surface area contributed by atoms with Gasteiger partial charge in [-0.25, -0.2) is 12.6 Å². The van der Waals surface area contributed by atoms with Crippen LogP contribution in [0.3, 0.4) is 0 Å². The molecular weight excluding hydrogens is 874 g/mol. The van der Waals surface area contributed by atoms with Crippen molar-refractivity contribution in [2.75, 3.05) is 23.0 Å². The van der Waals surface area contributed by atoms with E-state index in [2.05, 4.69) is 40.0 Å². The fourth-order valence-electron chi connectivity index (χ4n) is 4.66. The summed E-state index contributed by atoms with van der Waals surface area (Å²) in [6.45, 7) is -0.896. The SMILES string of the molecule is O=S(=O)(O)OCCS(=O)(=O)c1cccc(Nc2nc(Cl)nc(Nc3cc(S(=O)(=O)O)cc4cc(S(=O)(=O)O)c(N=Nc5cccc(S(=O)(=O)O)c5)c(O)c34)n2)c1. The smallest absolute Gasteiger partial charge is 0.397 e. The van der Waals surface area contributed by atoms with E-state index in [9.17, 15) is 60.9 Å². The highest BCUT2D eigenvalue weighted by atomic mass is 35.5. The number of nitrogens with one attached hydrogen (secondary N) is 2. The molecule has 1 heterocycles. The molecule has 23 nitrogen and oxygen atoms in total. The fraction of sp³-hybridized carbons (Fsp3) is 0.0741. The molecule has 298 valence electrons. The van der Waals surface area contributed by atoms with Gasteiger partial charge in [0.15, 0.2) is 15.6 Å². The quantitative estimate of drug-likeness (QED) is 0.0618. The van der Waals surface area contributed by atoms with Crippen LogP contribution in [0.25, 0.3) is 10.8 Å². The number of azo groups is 1. The predicted octanol–water partition coefficient (Wildman–Crippen LogP) is 3.62. The first-order chi connectivity index (χ1) is 25.8. The van der Waals surface area contributed by atoms with Crippen LogP contribution >= 0.6 is 11.6 Å². The van der Waals surface area contributed by atoms with Crippen molar-refractivity contribution >= 4 is 108 Å². The zero-order valence-electron chi connectivity index (χ0n) is 27.1. The summed E-state index contributed by atoms with van der Waals surface area (Å²) >= 11 is 6.09. The first-order valence-electron chi connectivity index (χ1n) is 14.5. The molecule has 0 aliphatic carbocycles. The Morgan fingerprint density at radius 2 is 1.30 bits per heavy atom. The van der Waals surface area contributed by atoms with E-state index in [-0.39, 0.29) is 22.2 Å². The highest BCUT2D eigenvalue weighted by Gasteiger charge is 2.26.